The Morgan fingerprint density at radius 3 is 2.28 bits per heavy atom. The minimum atomic E-state index is -5.84. The minimum Gasteiger partial charge on any atom is -0.460 e. The van der Waals surface area contributed by atoms with Crippen molar-refractivity contribution in [1.82, 2.24) is 14.6 Å². The SMILES string of the molecule is C[C@H](NP(=O)(Oc1ccccc1)OP(=O)(O)OP(=O)(O)OCC1OC(n2ccc(N)nc2=O)C(O)C1O)C(=O)OCc1ccccc1. The quantitative estimate of drug-likeness (QED) is 0.0960. The van der Waals surface area contributed by atoms with Gasteiger partial charge in [-0.1, -0.05) is 48.5 Å². The average Bonchev–Trinajstić information content (AvgIpc) is 3.27. The molecule has 0 spiro atoms. The second-order valence-corrected chi connectivity index (χ2v) is 14.7. The Labute approximate surface area is 266 Å². The van der Waals surface area contributed by atoms with Crippen molar-refractivity contribution in [1.29, 1.82) is 0 Å². The Morgan fingerprint density at radius 1 is 1.00 bits per heavy atom. The first-order valence-electron chi connectivity index (χ1n) is 13.5. The fraction of sp³-hybridized carbons (Fsp3) is 0.320. The fourth-order valence-electron chi connectivity index (χ4n) is 4.02. The third kappa shape index (κ3) is 10.4. The average molecular weight is 720 g/mol. The number of nitrogens with two attached hydrogens (primary N) is 1. The van der Waals surface area contributed by atoms with E-state index in [0.717, 1.165) is 10.8 Å². The van der Waals surface area contributed by atoms with Crippen molar-refractivity contribution in [2.75, 3.05) is 12.3 Å². The zero-order chi connectivity index (χ0) is 34.4. The number of ether oxygens (including phenoxy) is 2. The van der Waals surface area contributed by atoms with Gasteiger partial charge in [0.1, 0.15) is 42.5 Å². The van der Waals surface area contributed by atoms with Crippen molar-refractivity contribution in [3.8, 4) is 5.75 Å². The summed E-state index contributed by atoms with van der Waals surface area (Å²) in [6.07, 6.45) is -5.49. The normalized spacial score (nSPS) is 23.9. The summed E-state index contributed by atoms with van der Waals surface area (Å²) in [6, 6.07) is 15.4. The number of hydrogen-bond donors (Lipinski definition) is 6. The predicted molar refractivity (Wildman–Crippen MR) is 160 cm³/mol. The fourth-order valence-corrected chi connectivity index (χ4v) is 8.41. The molecule has 1 saturated heterocycles. The van der Waals surface area contributed by atoms with Gasteiger partial charge in [-0.3, -0.25) is 13.9 Å². The van der Waals surface area contributed by atoms with Crippen LogP contribution in [-0.2, 0) is 47.7 Å². The number of carbonyl (C=O) groups is 1. The summed E-state index contributed by atoms with van der Waals surface area (Å²) < 4.78 is 69.2. The predicted octanol–water partition coefficient (Wildman–Crippen LogP) is 1.60. The van der Waals surface area contributed by atoms with E-state index >= 15 is 0 Å². The van der Waals surface area contributed by atoms with E-state index in [2.05, 4.69) is 23.2 Å². The van der Waals surface area contributed by atoms with Crippen molar-refractivity contribution in [2.24, 2.45) is 0 Å². The number of anilines is 1. The van der Waals surface area contributed by atoms with E-state index < -0.39 is 72.2 Å². The van der Waals surface area contributed by atoms with Crippen molar-refractivity contribution in [2.45, 2.75) is 44.1 Å². The van der Waals surface area contributed by atoms with Crippen LogP contribution in [0.3, 0.4) is 0 Å². The number of nitrogen functional groups attached to an aromatic ring is 1. The topological polar surface area (TPSA) is 278 Å². The maximum atomic E-state index is 13.6. The van der Waals surface area contributed by atoms with Gasteiger partial charge in [0.15, 0.2) is 6.23 Å². The molecule has 19 nitrogen and oxygen atoms in total. The Bertz CT molecular complexity index is 1730. The van der Waals surface area contributed by atoms with E-state index in [-0.39, 0.29) is 18.2 Å². The smallest absolute Gasteiger partial charge is 0.460 e. The molecule has 4 rings (SSSR count). The number of benzene rings is 2. The van der Waals surface area contributed by atoms with Crippen molar-refractivity contribution in [3.05, 3.63) is 89.0 Å². The number of para-hydroxylation sites is 1. The third-order valence-electron chi connectivity index (χ3n) is 6.18. The molecule has 256 valence electrons. The Morgan fingerprint density at radius 2 is 1.64 bits per heavy atom. The highest BCUT2D eigenvalue weighted by Crippen LogP contribution is 2.67. The second kappa shape index (κ2) is 15.3. The van der Waals surface area contributed by atoms with Gasteiger partial charge < -0.3 is 39.7 Å². The number of aliphatic hydroxyl groups is 2. The summed E-state index contributed by atoms with van der Waals surface area (Å²) in [6.45, 7) is -0.00176. The number of aliphatic hydroxyl groups excluding tert-OH is 2. The maximum absolute atomic E-state index is 13.6. The standard InChI is InChI=1S/C25H31N4O15P3/c1-16(24(32)39-14-17-8-4-2-5-9-17)28-45(34,42-18-10-6-3-7-11-18)43-47(37,38)44-46(35,36)40-15-19-21(30)22(31)23(41-19)29-13-12-20(26)27-25(29)33/h2-13,16,19,21-23,30-31H,14-15H2,1H3,(H,28,34)(H,35,36)(H,37,38)(H2,26,27,33)/t16-,19?,21?,22?,23?,45?/m0/s1. The number of esters is 1. The number of hydrogen-bond acceptors (Lipinski definition) is 15. The Balaban J connectivity index is 1.41. The van der Waals surface area contributed by atoms with Gasteiger partial charge in [-0.05, 0) is 30.7 Å². The largest absolute Gasteiger partial charge is 0.490 e. The molecule has 0 radical (unpaired) electrons. The van der Waals surface area contributed by atoms with Crippen LogP contribution < -0.4 is 21.0 Å². The molecule has 0 amide bonds. The lowest BCUT2D eigenvalue weighted by atomic mass is 10.1. The minimum absolute atomic E-state index is 0.125. The number of nitrogens with one attached hydrogen (secondary N) is 1. The first-order valence-corrected chi connectivity index (χ1v) is 18.0. The van der Waals surface area contributed by atoms with Crippen LogP contribution in [0.2, 0.25) is 0 Å². The molecule has 0 aliphatic carbocycles. The molecule has 7 unspecified atom stereocenters. The number of nitrogens with zero attached hydrogens (tertiary/aromatic N) is 2. The van der Waals surface area contributed by atoms with Crippen LogP contribution >= 0.6 is 23.4 Å². The summed E-state index contributed by atoms with van der Waals surface area (Å²) in [4.78, 5) is 48.6. The van der Waals surface area contributed by atoms with E-state index in [9.17, 15) is 43.3 Å². The molecule has 3 aromatic rings. The first-order chi connectivity index (χ1) is 22.1. The molecule has 0 bridgehead atoms. The molecular formula is C25H31N4O15P3. The lowest BCUT2D eigenvalue weighted by Crippen LogP contribution is -2.36. The van der Waals surface area contributed by atoms with Crippen LogP contribution in [0.4, 0.5) is 5.82 Å². The second-order valence-electron chi connectivity index (χ2n) is 9.83. The van der Waals surface area contributed by atoms with E-state index in [1.807, 2.05) is 0 Å². The molecule has 8 atom stereocenters. The van der Waals surface area contributed by atoms with Gasteiger partial charge in [-0.15, -0.1) is 0 Å². The lowest BCUT2D eigenvalue weighted by Gasteiger charge is -2.25. The van der Waals surface area contributed by atoms with Gasteiger partial charge >= 0.3 is 35.1 Å². The van der Waals surface area contributed by atoms with Crippen LogP contribution in [0.15, 0.2) is 77.7 Å². The lowest BCUT2D eigenvalue weighted by molar-refractivity contribution is -0.146. The summed E-state index contributed by atoms with van der Waals surface area (Å²) in [5.41, 5.74) is 5.13. The summed E-state index contributed by atoms with van der Waals surface area (Å²) >= 11 is 0. The molecule has 1 aromatic heterocycles. The van der Waals surface area contributed by atoms with Crippen LogP contribution in [-0.4, -0.2) is 66.5 Å². The van der Waals surface area contributed by atoms with E-state index in [1.54, 1.807) is 36.4 Å². The molecule has 22 heteroatoms. The van der Waals surface area contributed by atoms with Gasteiger partial charge in [0, 0.05) is 6.20 Å². The summed E-state index contributed by atoms with van der Waals surface area (Å²) in [5.74, 6) is -1.25. The molecule has 1 aliphatic rings. The van der Waals surface area contributed by atoms with Crippen molar-refractivity contribution < 1.29 is 65.6 Å². The van der Waals surface area contributed by atoms with Crippen molar-refractivity contribution >= 4 is 35.2 Å². The molecule has 2 heterocycles. The summed E-state index contributed by atoms with van der Waals surface area (Å²) in [7, 11) is -16.5. The molecule has 47 heavy (non-hydrogen) atoms. The molecular weight excluding hydrogens is 689 g/mol. The van der Waals surface area contributed by atoms with E-state index in [1.165, 1.54) is 37.3 Å². The number of phosphoric acid groups is 2. The van der Waals surface area contributed by atoms with Crippen LogP contribution in [0, 0.1) is 0 Å². The molecule has 2 aromatic carbocycles. The Hall–Kier alpha value is -3.28. The number of aromatic nitrogens is 2. The third-order valence-corrected chi connectivity index (χ3v) is 11.1. The highest BCUT2D eigenvalue weighted by atomic mass is 31.3. The first kappa shape index (κ1) is 36.6. The summed E-state index contributed by atoms with van der Waals surface area (Å²) in [5, 5.41) is 22.8. The van der Waals surface area contributed by atoms with Gasteiger partial charge in [0.05, 0.1) is 6.61 Å². The number of rotatable bonds is 15. The van der Waals surface area contributed by atoms with Gasteiger partial charge in [-0.25, -0.2) is 18.5 Å². The van der Waals surface area contributed by atoms with Crippen molar-refractivity contribution in [3.63, 3.8) is 0 Å². The zero-order valence-corrected chi connectivity index (χ0v) is 27.0. The van der Waals surface area contributed by atoms with Gasteiger partial charge in [0.2, 0.25) is 0 Å². The number of phosphoric ester groups is 1. The zero-order valence-electron chi connectivity index (χ0n) is 24.3. The molecule has 7 N–H and O–H groups in total. The van der Waals surface area contributed by atoms with Gasteiger partial charge in [-0.2, -0.15) is 18.7 Å². The maximum Gasteiger partial charge on any atom is 0.490 e. The van der Waals surface area contributed by atoms with E-state index in [0.29, 0.717) is 5.56 Å². The van der Waals surface area contributed by atoms with E-state index in [4.69, 9.17) is 19.7 Å². The molecule has 1 aliphatic heterocycles. The monoisotopic (exact) mass is 720 g/mol. The molecule has 1 fully saturated rings. The van der Waals surface area contributed by atoms with Gasteiger partial charge in [0.25, 0.3) is 0 Å². The molecule has 0 saturated carbocycles. The van der Waals surface area contributed by atoms with Crippen LogP contribution in [0.1, 0.15) is 18.7 Å². The Kier molecular flexibility index (Phi) is 11.9. The highest BCUT2D eigenvalue weighted by molar-refractivity contribution is 7.68. The van der Waals surface area contributed by atoms with Crippen LogP contribution in [0.25, 0.3) is 0 Å². The highest BCUT2D eigenvalue weighted by Gasteiger charge is 2.48. The van der Waals surface area contributed by atoms with Crippen LogP contribution in [0.5, 0.6) is 5.75 Å². The number of carbonyl (C=O) groups excluding carboxylic acids is 1.